The molecule has 0 spiro atoms. The molecule has 0 saturated heterocycles. The SMILES string of the molecule is C=C(C)CN(CC)C(=O)COC(=O)c1cc(C)nc2ccc(C)cc12. The molecule has 0 radical (unpaired) electrons. The molecule has 0 aliphatic heterocycles. The molecule has 25 heavy (non-hydrogen) atoms. The largest absolute Gasteiger partial charge is 0.452 e. The number of aryl methyl sites for hydroxylation is 2. The number of rotatable bonds is 6. The first kappa shape index (κ1) is 18.6. The standard InChI is InChI=1S/C20H24N2O3/c1-6-22(11-13(2)3)19(23)12-25-20(24)17-10-15(5)21-18-8-7-14(4)9-16(17)18/h7-10H,2,6,11-12H2,1,3-5H3. The number of pyridine rings is 1. The van der Waals surface area contributed by atoms with E-state index in [0.717, 1.165) is 27.7 Å². The Hall–Kier alpha value is -2.69. The number of likely N-dealkylation sites (N-methyl/N-ethyl adjacent to an activating group) is 1. The molecule has 0 fully saturated rings. The highest BCUT2D eigenvalue weighted by molar-refractivity contribution is 6.04. The van der Waals surface area contributed by atoms with Crippen LogP contribution in [-0.4, -0.2) is 41.5 Å². The Labute approximate surface area is 148 Å². The number of carbonyl (C=O) groups excluding carboxylic acids is 2. The minimum atomic E-state index is -0.513. The molecule has 0 aliphatic rings. The van der Waals surface area contributed by atoms with E-state index < -0.39 is 5.97 Å². The molecule has 2 aromatic rings. The second kappa shape index (κ2) is 7.92. The van der Waals surface area contributed by atoms with Gasteiger partial charge < -0.3 is 9.64 Å². The Balaban J connectivity index is 2.18. The maximum Gasteiger partial charge on any atom is 0.339 e. The van der Waals surface area contributed by atoms with Crippen LogP contribution in [0.4, 0.5) is 0 Å². The van der Waals surface area contributed by atoms with E-state index in [1.807, 2.05) is 45.9 Å². The van der Waals surface area contributed by atoms with Crippen molar-refractivity contribution in [3.05, 3.63) is 53.2 Å². The fourth-order valence-corrected chi connectivity index (χ4v) is 2.64. The maximum atomic E-state index is 12.5. The second-order valence-electron chi connectivity index (χ2n) is 6.27. The van der Waals surface area contributed by atoms with Crippen molar-refractivity contribution in [3.63, 3.8) is 0 Å². The highest BCUT2D eigenvalue weighted by Crippen LogP contribution is 2.21. The quantitative estimate of drug-likeness (QED) is 0.597. The monoisotopic (exact) mass is 340 g/mol. The van der Waals surface area contributed by atoms with Gasteiger partial charge in [-0.3, -0.25) is 9.78 Å². The number of aromatic nitrogens is 1. The molecule has 1 aromatic heterocycles. The minimum Gasteiger partial charge on any atom is -0.452 e. The number of amides is 1. The van der Waals surface area contributed by atoms with E-state index in [9.17, 15) is 9.59 Å². The van der Waals surface area contributed by atoms with Gasteiger partial charge in [0.15, 0.2) is 6.61 Å². The number of nitrogens with zero attached hydrogens (tertiary/aromatic N) is 2. The summed E-state index contributed by atoms with van der Waals surface area (Å²) in [4.78, 5) is 30.8. The third kappa shape index (κ3) is 4.66. The van der Waals surface area contributed by atoms with Crippen LogP contribution in [-0.2, 0) is 9.53 Å². The third-order valence-electron chi connectivity index (χ3n) is 3.83. The fourth-order valence-electron chi connectivity index (χ4n) is 2.64. The lowest BCUT2D eigenvalue weighted by Gasteiger charge is -2.20. The van der Waals surface area contributed by atoms with Crippen molar-refractivity contribution in [2.24, 2.45) is 0 Å². The number of esters is 1. The van der Waals surface area contributed by atoms with Gasteiger partial charge in [0.05, 0.1) is 11.1 Å². The molecule has 1 heterocycles. The van der Waals surface area contributed by atoms with E-state index in [-0.39, 0.29) is 12.5 Å². The number of hydrogen-bond acceptors (Lipinski definition) is 4. The van der Waals surface area contributed by atoms with Gasteiger partial charge in [0.2, 0.25) is 0 Å². The lowest BCUT2D eigenvalue weighted by Crippen LogP contribution is -2.35. The van der Waals surface area contributed by atoms with Crippen LogP contribution in [0.3, 0.4) is 0 Å². The predicted molar refractivity (Wildman–Crippen MR) is 98.6 cm³/mol. The van der Waals surface area contributed by atoms with Crippen LogP contribution in [0, 0.1) is 13.8 Å². The summed E-state index contributed by atoms with van der Waals surface area (Å²) in [6.07, 6.45) is 0. The van der Waals surface area contributed by atoms with Crippen LogP contribution in [0.15, 0.2) is 36.4 Å². The van der Waals surface area contributed by atoms with Gasteiger partial charge in [-0.25, -0.2) is 4.79 Å². The number of carbonyl (C=O) groups is 2. The first-order valence-corrected chi connectivity index (χ1v) is 8.29. The zero-order chi connectivity index (χ0) is 18.6. The van der Waals surface area contributed by atoms with Crippen molar-refractivity contribution in [3.8, 4) is 0 Å². The molecule has 0 atom stereocenters. The average Bonchev–Trinajstić information content (AvgIpc) is 2.56. The summed E-state index contributed by atoms with van der Waals surface area (Å²) in [5.41, 5.74) is 3.81. The van der Waals surface area contributed by atoms with E-state index in [1.54, 1.807) is 11.0 Å². The molecule has 2 rings (SSSR count). The Bertz CT molecular complexity index is 827. The summed E-state index contributed by atoms with van der Waals surface area (Å²) < 4.78 is 5.27. The van der Waals surface area contributed by atoms with E-state index in [4.69, 9.17) is 4.74 Å². The number of fused-ring (bicyclic) bond motifs is 1. The molecule has 0 N–H and O–H groups in total. The average molecular weight is 340 g/mol. The minimum absolute atomic E-state index is 0.231. The topological polar surface area (TPSA) is 59.5 Å². The first-order chi connectivity index (χ1) is 11.8. The van der Waals surface area contributed by atoms with E-state index in [2.05, 4.69) is 11.6 Å². The van der Waals surface area contributed by atoms with Gasteiger partial charge in [0.25, 0.3) is 5.91 Å². The number of benzene rings is 1. The molecule has 1 amide bonds. The lowest BCUT2D eigenvalue weighted by molar-refractivity contribution is -0.133. The van der Waals surface area contributed by atoms with Crippen molar-refractivity contribution in [2.45, 2.75) is 27.7 Å². The highest BCUT2D eigenvalue weighted by Gasteiger charge is 2.18. The van der Waals surface area contributed by atoms with E-state index in [0.29, 0.717) is 18.7 Å². The molecule has 5 nitrogen and oxygen atoms in total. The van der Waals surface area contributed by atoms with Gasteiger partial charge in [0.1, 0.15) is 0 Å². The van der Waals surface area contributed by atoms with E-state index >= 15 is 0 Å². The van der Waals surface area contributed by atoms with Crippen molar-refractivity contribution >= 4 is 22.8 Å². The first-order valence-electron chi connectivity index (χ1n) is 8.29. The molecule has 1 aromatic carbocycles. The van der Waals surface area contributed by atoms with Crippen LogP contribution < -0.4 is 0 Å². The highest BCUT2D eigenvalue weighted by atomic mass is 16.5. The van der Waals surface area contributed by atoms with Crippen LogP contribution in [0.1, 0.15) is 35.5 Å². The molecule has 0 aliphatic carbocycles. The third-order valence-corrected chi connectivity index (χ3v) is 3.83. The Kier molecular flexibility index (Phi) is 5.91. The summed E-state index contributed by atoms with van der Waals surface area (Å²) in [7, 11) is 0. The molecule has 5 heteroatoms. The van der Waals surface area contributed by atoms with Gasteiger partial charge in [-0.2, -0.15) is 0 Å². The Morgan fingerprint density at radius 1 is 1.24 bits per heavy atom. The normalized spacial score (nSPS) is 10.6. The zero-order valence-corrected chi connectivity index (χ0v) is 15.3. The summed E-state index contributed by atoms with van der Waals surface area (Å²) >= 11 is 0. The van der Waals surface area contributed by atoms with E-state index in [1.165, 1.54) is 0 Å². The van der Waals surface area contributed by atoms with Crippen LogP contribution >= 0.6 is 0 Å². The molecular weight excluding hydrogens is 316 g/mol. The molecule has 0 unspecified atom stereocenters. The van der Waals surface area contributed by atoms with Crippen molar-refractivity contribution in [1.82, 2.24) is 9.88 Å². The van der Waals surface area contributed by atoms with Crippen molar-refractivity contribution in [2.75, 3.05) is 19.7 Å². The van der Waals surface area contributed by atoms with Crippen LogP contribution in [0.2, 0.25) is 0 Å². The molecule has 0 saturated carbocycles. The summed E-state index contributed by atoms with van der Waals surface area (Å²) in [5, 5.41) is 0.734. The van der Waals surface area contributed by atoms with Crippen molar-refractivity contribution in [1.29, 1.82) is 0 Å². The number of hydrogen-bond donors (Lipinski definition) is 0. The van der Waals surface area contributed by atoms with Gasteiger partial charge in [-0.05, 0) is 45.9 Å². The lowest BCUT2D eigenvalue weighted by atomic mass is 10.1. The summed E-state index contributed by atoms with van der Waals surface area (Å²) in [6.45, 7) is 12.0. The van der Waals surface area contributed by atoms with Crippen LogP contribution in [0.5, 0.6) is 0 Å². The fraction of sp³-hybridized carbons (Fsp3) is 0.350. The molecule has 0 bridgehead atoms. The van der Waals surface area contributed by atoms with Gasteiger partial charge in [-0.15, -0.1) is 0 Å². The Morgan fingerprint density at radius 3 is 2.60 bits per heavy atom. The Morgan fingerprint density at radius 2 is 1.96 bits per heavy atom. The zero-order valence-electron chi connectivity index (χ0n) is 15.3. The van der Waals surface area contributed by atoms with Gasteiger partial charge in [-0.1, -0.05) is 23.8 Å². The number of ether oxygens (including phenoxy) is 1. The second-order valence-corrected chi connectivity index (χ2v) is 6.27. The predicted octanol–water partition coefficient (Wildman–Crippen LogP) is 3.43. The summed E-state index contributed by atoms with van der Waals surface area (Å²) in [5.74, 6) is -0.744. The van der Waals surface area contributed by atoms with Gasteiger partial charge >= 0.3 is 5.97 Å². The van der Waals surface area contributed by atoms with Crippen LogP contribution in [0.25, 0.3) is 10.9 Å². The molecule has 132 valence electrons. The molecular formula is C20H24N2O3. The van der Waals surface area contributed by atoms with Crippen molar-refractivity contribution < 1.29 is 14.3 Å². The van der Waals surface area contributed by atoms with Gasteiger partial charge in [0, 0.05) is 24.2 Å². The maximum absolute atomic E-state index is 12.5. The summed E-state index contributed by atoms with van der Waals surface area (Å²) in [6, 6.07) is 7.43. The smallest absolute Gasteiger partial charge is 0.339 e.